The molecule has 0 radical (unpaired) electrons. The van der Waals surface area contributed by atoms with Gasteiger partial charge in [-0.1, -0.05) is 71.3 Å². The molecule has 0 heterocycles. The summed E-state index contributed by atoms with van der Waals surface area (Å²) < 4.78 is 6.17. The van der Waals surface area contributed by atoms with Crippen LogP contribution in [0.15, 0.2) is 11.6 Å². The normalized spacial score (nSPS) is 37.7. The van der Waals surface area contributed by atoms with Crippen molar-refractivity contribution >= 4 is 11.8 Å². The number of rotatable bonds is 10. The summed E-state index contributed by atoms with van der Waals surface area (Å²) in [5.41, 5.74) is 1.82. The van der Waals surface area contributed by atoms with Crippen molar-refractivity contribution in [3.8, 4) is 0 Å². The number of hydrogen-bond acceptors (Lipinski definition) is 3. The fraction of sp³-hybridized carbons (Fsp3) is 0.867. The van der Waals surface area contributed by atoms with E-state index in [0.717, 1.165) is 44.4 Å². The summed E-state index contributed by atoms with van der Waals surface area (Å²) in [6, 6.07) is 0. The molecule has 3 saturated carbocycles. The predicted octanol–water partition coefficient (Wildman–Crippen LogP) is 7.96. The molecule has 0 amide bonds. The second-order valence-corrected chi connectivity index (χ2v) is 12.3. The van der Waals surface area contributed by atoms with Gasteiger partial charge in [-0.2, -0.15) is 0 Å². The molecule has 0 bridgehead atoms. The van der Waals surface area contributed by atoms with E-state index in [4.69, 9.17) is 4.74 Å². The largest absolute Gasteiger partial charge is 0.462 e. The summed E-state index contributed by atoms with van der Waals surface area (Å²) in [7, 11) is 0. The Bertz CT molecular complexity index is 739. The first-order chi connectivity index (χ1) is 15.9. The van der Waals surface area contributed by atoms with Crippen molar-refractivity contribution in [3.05, 3.63) is 11.6 Å². The minimum absolute atomic E-state index is 0.0431. The first kappa shape index (κ1) is 25.0. The molecule has 6 atom stereocenters. The lowest BCUT2D eigenvalue weighted by molar-refractivity contribution is -0.160. The fourth-order valence-electron chi connectivity index (χ4n) is 8.33. The third kappa shape index (κ3) is 5.13. The lowest BCUT2D eigenvalue weighted by Crippen LogP contribution is -2.51. The quantitative estimate of drug-likeness (QED) is 0.247. The van der Waals surface area contributed by atoms with Crippen molar-refractivity contribution in [2.75, 3.05) is 0 Å². The summed E-state index contributed by atoms with van der Waals surface area (Å²) >= 11 is 0. The zero-order valence-corrected chi connectivity index (χ0v) is 21.6. The Balaban J connectivity index is 1.27. The van der Waals surface area contributed by atoms with E-state index in [-0.39, 0.29) is 22.9 Å². The molecule has 4 rings (SSSR count). The molecule has 0 aromatic rings. The third-order valence-electron chi connectivity index (χ3n) is 10.4. The van der Waals surface area contributed by atoms with Crippen molar-refractivity contribution in [1.29, 1.82) is 0 Å². The van der Waals surface area contributed by atoms with Gasteiger partial charge in [0.15, 0.2) is 5.78 Å². The molecule has 0 aliphatic heterocycles. The van der Waals surface area contributed by atoms with Crippen LogP contribution in [0, 0.1) is 28.6 Å². The van der Waals surface area contributed by atoms with Gasteiger partial charge in [0.05, 0.1) is 0 Å². The van der Waals surface area contributed by atoms with Gasteiger partial charge >= 0.3 is 5.97 Å². The average Bonchev–Trinajstić information content (AvgIpc) is 3.12. The Morgan fingerprint density at radius 3 is 2.39 bits per heavy atom. The van der Waals surface area contributed by atoms with Gasteiger partial charge in [-0.3, -0.25) is 9.59 Å². The molecular formula is C30H48O3. The van der Waals surface area contributed by atoms with Crippen LogP contribution in [0.5, 0.6) is 0 Å². The van der Waals surface area contributed by atoms with Crippen LogP contribution in [-0.4, -0.2) is 17.9 Å². The number of ether oxygens (including phenoxy) is 1. The van der Waals surface area contributed by atoms with Gasteiger partial charge < -0.3 is 4.74 Å². The Morgan fingerprint density at radius 1 is 0.909 bits per heavy atom. The minimum Gasteiger partial charge on any atom is -0.462 e. The number of unbranched alkanes of at least 4 members (excludes halogenated alkanes) is 7. The van der Waals surface area contributed by atoms with Gasteiger partial charge in [0, 0.05) is 18.3 Å². The third-order valence-corrected chi connectivity index (χ3v) is 10.4. The highest BCUT2D eigenvalue weighted by Gasteiger charge is 2.59. The summed E-state index contributed by atoms with van der Waals surface area (Å²) in [5, 5.41) is 0. The van der Waals surface area contributed by atoms with E-state index < -0.39 is 0 Å². The molecule has 4 aliphatic carbocycles. The van der Waals surface area contributed by atoms with Crippen LogP contribution in [0.2, 0.25) is 0 Å². The van der Waals surface area contributed by atoms with E-state index in [1.165, 1.54) is 69.8 Å². The molecule has 3 fully saturated rings. The summed E-state index contributed by atoms with van der Waals surface area (Å²) in [6.45, 7) is 7.13. The zero-order valence-electron chi connectivity index (χ0n) is 21.6. The number of allylic oxidation sites excluding steroid dienone is 1. The van der Waals surface area contributed by atoms with Gasteiger partial charge in [-0.25, -0.2) is 0 Å². The van der Waals surface area contributed by atoms with Crippen molar-refractivity contribution < 1.29 is 14.3 Å². The van der Waals surface area contributed by atoms with Crippen molar-refractivity contribution in [2.24, 2.45) is 28.6 Å². The van der Waals surface area contributed by atoms with Gasteiger partial charge in [-0.05, 0) is 80.6 Å². The second kappa shape index (κ2) is 10.6. The monoisotopic (exact) mass is 456 g/mol. The lowest BCUT2D eigenvalue weighted by Gasteiger charge is -2.57. The van der Waals surface area contributed by atoms with E-state index in [9.17, 15) is 9.59 Å². The second-order valence-electron chi connectivity index (χ2n) is 12.3. The molecule has 186 valence electrons. The van der Waals surface area contributed by atoms with Crippen LogP contribution in [-0.2, 0) is 14.3 Å². The number of esters is 1. The molecule has 0 saturated heterocycles. The molecule has 0 N–H and O–H groups in total. The SMILES string of the molecule is CCCCCCCCCCC(=O)O[C@H]1CCC2C3CCC4=CC(=O)CC[C@]4(C)C3CC[C@@]21C. The fourth-order valence-corrected chi connectivity index (χ4v) is 8.33. The van der Waals surface area contributed by atoms with E-state index in [0.29, 0.717) is 24.0 Å². The average molecular weight is 457 g/mol. The summed E-state index contributed by atoms with van der Waals surface area (Å²) in [4.78, 5) is 24.7. The molecule has 3 heteroatoms. The lowest BCUT2D eigenvalue weighted by atomic mass is 9.47. The first-order valence-electron chi connectivity index (χ1n) is 14.3. The highest BCUT2D eigenvalue weighted by Crippen LogP contribution is 2.65. The van der Waals surface area contributed by atoms with Crippen LogP contribution < -0.4 is 0 Å². The summed E-state index contributed by atoms with van der Waals surface area (Å²) in [5.74, 6) is 2.49. The maximum atomic E-state index is 12.7. The van der Waals surface area contributed by atoms with Crippen molar-refractivity contribution in [3.63, 3.8) is 0 Å². The number of fused-ring (bicyclic) bond motifs is 5. The minimum atomic E-state index is 0.0431. The Hall–Kier alpha value is -1.12. The van der Waals surface area contributed by atoms with Crippen molar-refractivity contribution in [2.45, 2.75) is 136 Å². The van der Waals surface area contributed by atoms with Crippen molar-refractivity contribution in [1.82, 2.24) is 0 Å². The number of carbonyl (C=O) groups is 2. The van der Waals surface area contributed by atoms with E-state index >= 15 is 0 Å². The van der Waals surface area contributed by atoms with Gasteiger partial charge in [0.1, 0.15) is 6.10 Å². The number of ketones is 1. The molecule has 4 aliphatic rings. The maximum absolute atomic E-state index is 12.7. The Kier molecular flexibility index (Phi) is 8.06. The molecule has 0 spiro atoms. The molecule has 0 aromatic heterocycles. The predicted molar refractivity (Wildman–Crippen MR) is 134 cm³/mol. The molecule has 0 aromatic carbocycles. The molecule has 3 nitrogen and oxygen atoms in total. The van der Waals surface area contributed by atoms with E-state index in [1.807, 2.05) is 6.08 Å². The summed E-state index contributed by atoms with van der Waals surface area (Å²) in [6.07, 6.45) is 21.5. The van der Waals surface area contributed by atoms with Crippen LogP contribution in [0.1, 0.15) is 130 Å². The highest BCUT2D eigenvalue weighted by molar-refractivity contribution is 5.91. The van der Waals surface area contributed by atoms with Crippen LogP contribution in [0.4, 0.5) is 0 Å². The van der Waals surface area contributed by atoms with Crippen LogP contribution in [0.25, 0.3) is 0 Å². The zero-order chi connectivity index (χ0) is 23.5. The van der Waals surface area contributed by atoms with Gasteiger partial charge in [-0.15, -0.1) is 0 Å². The molecule has 3 unspecified atom stereocenters. The topological polar surface area (TPSA) is 43.4 Å². The smallest absolute Gasteiger partial charge is 0.306 e. The molecule has 33 heavy (non-hydrogen) atoms. The number of carbonyl (C=O) groups excluding carboxylic acids is 2. The van der Waals surface area contributed by atoms with Crippen LogP contribution >= 0.6 is 0 Å². The molecular weight excluding hydrogens is 408 g/mol. The Morgan fingerprint density at radius 2 is 1.64 bits per heavy atom. The van der Waals surface area contributed by atoms with Gasteiger partial charge in [0.2, 0.25) is 0 Å². The first-order valence-corrected chi connectivity index (χ1v) is 14.3. The van der Waals surface area contributed by atoms with Gasteiger partial charge in [0.25, 0.3) is 0 Å². The maximum Gasteiger partial charge on any atom is 0.306 e. The Labute approximate surface area is 202 Å². The van der Waals surface area contributed by atoms with E-state index in [1.54, 1.807) is 0 Å². The number of hydrogen-bond donors (Lipinski definition) is 0. The van der Waals surface area contributed by atoms with E-state index in [2.05, 4.69) is 20.8 Å². The highest BCUT2D eigenvalue weighted by atomic mass is 16.5. The van der Waals surface area contributed by atoms with Crippen LogP contribution in [0.3, 0.4) is 0 Å². The standard InChI is InChI=1S/C30H48O3/c1-4-5-6-7-8-9-10-11-12-28(32)33-27-16-15-25-24-14-13-22-21-23(31)17-19-29(22,2)26(24)18-20-30(25,27)3/h21,24-27H,4-20H2,1-3H3/t24?,25?,26?,27-,29-,30-/m0/s1.